The number of methoxy groups -OCH3 is 3. The third kappa shape index (κ3) is 8.76. The van der Waals surface area contributed by atoms with E-state index in [2.05, 4.69) is 5.32 Å². The van der Waals surface area contributed by atoms with Gasteiger partial charge in [0.1, 0.15) is 18.3 Å². The number of rotatable bonds is 13. The van der Waals surface area contributed by atoms with Gasteiger partial charge in [-0.1, -0.05) is 60.1 Å². The number of nitrogens with zero attached hydrogens (tertiary/aromatic N) is 2. The lowest BCUT2D eigenvalue weighted by atomic mass is 9.95. The van der Waals surface area contributed by atoms with Crippen molar-refractivity contribution in [1.29, 1.82) is 0 Å². The summed E-state index contributed by atoms with van der Waals surface area (Å²) in [5, 5.41) is 3.98. The third-order valence-electron chi connectivity index (χ3n) is 8.11. The van der Waals surface area contributed by atoms with Crippen LogP contribution in [0.3, 0.4) is 0 Å². The fourth-order valence-electron chi connectivity index (χ4n) is 5.46. The minimum atomic E-state index is -4.48. The molecule has 254 valence electrons. The molecule has 0 bridgehead atoms. The summed E-state index contributed by atoms with van der Waals surface area (Å²) in [6.07, 6.45) is 4.82. The second kappa shape index (κ2) is 16.1. The van der Waals surface area contributed by atoms with E-state index in [-0.39, 0.29) is 45.6 Å². The fraction of sp³-hybridized carbons (Fsp3) is 0.394. The van der Waals surface area contributed by atoms with Crippen LogP contribution in [0.1, 0.15) is 44.6 Å². The summed E-state index contributed by atoms with van der Waals surface area (Å²) in [7, 11) is -0.285. The fourth-order valence-corrected chi connectivity index (χ4v) is 7.53. The van der Waals surface area contributed by atoms with E-state index in [4.69, 9.17) is 49.0 Å². The lowest BCUT2D eigenvalue weighted by Gasteiger charge is -2.33. The first kappa shape index (κ1) is 36.5. The molecule has 1 aliphatic rings. The van der Waals surface area contributed by atoms with Gasteiger partial charge in [0, 0.05) is 33.7 Å². The Morgan fingerprint density at radius 1 is 0.851 bits per heavy atom. The highest BCUT2D eigenvalue weighted by atomic mass is 35.5. The number of ether oxygens (including phenoxy) is 3. The maximum Gasteiger partial charge on any atom is 0.265 e. The number of hydrogen-bond acceptors (Lipinski definition) is 7. The molecule has 0 spiro atoms. The molecule has 3 aromatic carbocycles. The third-order valence-corrected chi connectivity index (χ3v) is 10.7. The molecule has 1 aliphatic carbocycles. The van der Waals surface area contributed by atoms with Crippen LogP contribution in [0, 0.1) is 0 Å². The smallest absolute Gasteiger partial charge is 0.265 e. The van der Waals surface area contributed by atoms with Crippen molar-refractivity contribution in [3.8, 4) is 17.2 Å². The van der Waals surface area contributed by atoms with Crippen molar-refractivity contribution >= 4 is 62.3 Å². The van der Waals surface area contributed by atoms with E-state index in [0.29, 0.717) is 21.4 Å². The number of halogens is 3. The Balaban J connectivity index is 1.78. The lowest BCUT2D eigenvalue weighted by molar-refractivity contribution is -0.139. The van der Waals surface area contributed by atoms with Crippen molar-refractivity contribution in [3.63, 3.8) is 0 Å². The van der Waals surface area contributed by atoms with E-state index in [9.17, 15) is 18.0 Å². The number of sulfonamides is 1. The van der Waals surface area contributed by atoms with Crippen LogP contribution in [-0.2, 0) is 26.2 Å². The highest BCUT2D eigenvalue weighted by Gasteiger charge is 2.35. The molecule has 1 N–H and O–H groups in total. The van der Waals surface area contributed by atoms with Gasteiger partial charge in [0.15, 0.2) is 11.5 Å². The van der Waals surface area contributed by atoms with Gasteiger partial charge < -0.3 is 24.4 Å². The molecule has 0 saturated heterocycles. The zero-order chi connectivity index (χ0) is 34.3. The van der Waals surface area contributed by atoms with Crippen LogP contribution >= 0.6 is 34.8 Å². The van der Waals surface area contributed by atoms with Crippen LogP contribution in [0.15, 0.2) is 59.5 Å². The van der Waals surface area contributed by atoms with Gasteiger partial charge in [-0.3, -0.25) is 13.9 Å². The van der Waals surface area contributed by atoms with Gasteiger partial charge in [-0.2, -0.15) is 0 Å². The van der Waals surface area contributed by atoms with Gasteiger partial charge in [-0.25, -0.2) is 8.42 Å². The van der Waals surface area contributed by atoms with E-state index in [1.54, 1.807) is 31.2 Å². The van der Waals surface area contributed by atoms with Gasteiger partial charge in [-0.05, 0) is 67.8 Å². The second-order valence-corrected chi connectivity index (χ2v) is 14.3. The normalized spacial score (nSPS) is 14.2. The summed E-state index contributed by atoms with van der Waals surface area (Å²) in [5.74, 6) is -0.386. The summed E-state index contributed by atoms with van der Waals surface area (Å²) < 4.78 is 45.8. The molecule has 0 heterocycles. The maximum absolute atomic E-state index is 14.4. The maximum atomic E-state index is 14.4. The molecule has 1 fully saturated rings. The molecule has 2 amide bonds. The summed E-state index contributed by atoms with van der Waals surface area (Å²) in [5.41, 5.74) is 0.545. The number of carbonyl (C=O) groups is 2. The predicted octanol–water partition coefficient (Wildman–Crippen LogP) is 6.73. The number of hydrogen-bond donors (Lipinski definition) is 1. The number of anilines is 1. The molecule has 3 aromatic rings. The van der Waals surface area contributed by atoms with Gasteiger partial charge in [-0.15, -0.1) is 0 Å². The standard InChI is InChI=1S/C33H38Cl3N3O7S/c1-21(33(41)37-25-8-6-5-7-9-25)38(19-22-10-11-23(34)16-27(22)36)32(40)20-39(28-17-24(35)12-14-29(28)44-2)47(42,43)26-13-15-30(45-3)31(18-26)46-4/h10-18,21,25H,5-9,19-20H2,1-4H3,(H,37,41)/t21-/m0/s1. The van der Waals surface area contributed by atoms with Crippen molar-refractivity contribution in [2.45, 2.75) is 62.6 Å². The van der Waals surface area contributed by atoms with Gasteiger partial charge in [0.05, 0.1) is 31.9 Å². The van der Waals surface area contributed by atoms with Gasteiger partial charge in [0.25, 0.3) is 10.0 Å². The average Bonchev–Trinajstić information content (AvgIpc) is 3.06. The first-order valence-corrected chi connectivity index (χ1v) is 17.6. The van der Waals surface area contributed by atoms with Crippen LogP contribution in [0.2, 0.25) is 15.1 Å². The van der Waals surface area contributed by atoms with Crippen molar-refractivity contribution in [2.75, 3.05) is 32.2 Å². The van der Waals surface area contributed by atoms with Crippen molar-refractivity contribution in [1.82, 2.24) is 10.2 Å². The van der Waals surface area contributed by atoms with Gasteiger partial charge >= 0.3 is 0 Å². The SMILES string of the molecule is COc1ccc(S(=O)(=O)N(CC(=O)N(Cc2ccc(Cl)cc2Cl)[C@@H](C)C(=O)NC2CCCCC2)c2cc(Cl)ccc2OC)cc1OC. The van der Waals surface area contributed by atoms with Crippen LogP contribution in [-0.4, -0.2) is 65.1 Å². The summed E-state index contributed by atoms with van der Waals surface area (Å²) in [4.78, 5) is 29.1. The number of benzene rings is 3. The van der Waals surface area contributed by atoms with Crippen molar-refractivity contribution in [3.05, 3.63) is 75.2 Å². The van der Waals surface area contributed by atoms with E-state index in [0.717, 1.165) is 36.4 Å². The van der Waals surface area contributed by atoms with Crippen LogP contribution in [0.5, 0.6) is 17.2 Å². The van der Waals surface area contributed by atoms with E-state index in [1.165, 1.54) is 56.6 Å². The number of carbonyl (C=O) groups excluding carboxylic acids is 2. The van der Waals surface area contributed by atoms with Crippen LogP contribution in [0.4, 0.5) is 5.69 Å². The monoisotopic (exact) mass is 725 g/mol. The minimum Gasteiger partial charge on any atom is -0.495 e. The Morgan fingerprint density at radius 2 is 1.47 bits per heavy atom. The molecule has 0 aliphatic heterocycles. The zero-order valence-electron chi connectivity index (χ0n) is 26.6. The number of amides is 2. The van der Waals surface area contributed by atoms with E-state index in [1.807, 2.05) is 0 Å². The predicted molar refractivity (Wildman–Crippen MR) is 184 cm³/mol. The highest BCUT2D eigenvalue weighted by Crippen LogP contribution is 2.37. The van der Waals surface area contributed by atoms with Crippen LogP contribution < -0.4 is 23.8 Å². The molecule has 1 saturated carbocycles. The Bertz CT molecular complexity index is 1700. The molecule has 4 rings (SSSR count). The minimum absolute atomic E-state index is 0.00702. The summed E-state index contributed by atoms with van der Waals surface area (Å²) in [6.45, 7) is 0.803. The topological polar surface area (TPSA) is 114 Å². The Hall–Kier alpha value is -3.38. The van der Waals surface area contributed by atoms with E-state index >= 15 is 0 Å². The zero-order valence-corrected chi connectivity index (χ0v) is 29.7. The van der Waals surface area contributed by atoms with Crippen LogP contribution in [0.25, 0.3) is 0 Å². The molecule has 0 radical (unpaired) electrons. The molecule has 47 heavy (non-hydrogen) atoms. The second-order valence-electron chi connectivity index (χ2n) is 11.1. The van der Waals surface area contributed by atoms with Crippen molar-refractivity contribution in [2.24, 2.45) is 0 Å². The molecular weight excluding hydrogens is 689 g/mol. The molecule has 14 heteroatoms. The van der Waals surface area contributed by atoms with Gasteiger partial charge in [0.2, 0.25) is 11.8 Å². The molecule has 0 aromatic heterocycles. The summed E-state index contributed by atoms with van der Waals surface area (Å²) >= 11 is 19.0. The molecule has 1 atom stereocenters. The Kier molecular flexibility index (Phi) is 12.5. The highest BCUT2D eigenvalue weighted by molar-refractivity contribution is 7.92. The Labute approximate surface area is 290 Å². The Morgan fingerprint density at radius 3 is 2.11 bits per heavy atom. The molecular formula is C33H38Cl3N3O7S. The lowest BCUT2D eigenvalue weighted by Crippen LogP contribution is -2.53. The number of nitrogens with one attached hydrogen (secondary N) is 1. The van der Waals surface area contributed by atoms with E-state index < -0.39 is 28.5 Å². The summed E-state index contributed by atoms with van der Waals surface area (Å²) in [6, 6.07) is 12.4. The molecule has 10 nitrogen and oxygen atoms in total. The largest absolute Gasteiger partial charge is 0.495 e. The quantitative estimate of drug-likeness (QED) is 0.208. The molecule has 0 unspecified atom stereocenters. The average molecular weight is 727 g/mol. The van der Waals surface area contributed by atoms with Crippen molar-refractivity contribution < 1.29 is 32.2 Å². The first-order chi connectivity index (χ1) is 22.4. The first-order valence-electron chi connectivity index (χ1n) is 15.0.